The van der Waals surface area contributed by atoms with Gasteiger partial charge in [0.1, 0.15) is 11.5 Å². The van der Waals surface area contributed by atoms with Crippen LogP contribution in [0.4, 0.5) is 0 Å². The molecule has 1 heterocycles. The molecule has 21 heavy (non-hydrogen) atoms. The molecule has 0 radical (unpaired) electrons. The monoisotopic (exact) mass is 288 g/mol. The van der Waals surface area contributed by atoms with Gasteiger partial charge in [-0.15, -0.1) is 0 Å². The maximum Gasteiger partial charge on any atom is 0.243 e. The first-order valence-corrected chi connectivity index (χ1v) is 6.81. The number of hydrogen-bond donors (Lipinski definition) is 2. The second kappa shape index (κ2) is 6.83. The maximum atomic E-state index is 11.1. The van der Waals surface area contributed by atoms with E-state index in [9.17, 15) is 4.79 Å². The number of aryl methyl sites for hydroxylation is 1. The molecule has 0 fully saturated rings. The van der Waals surface area contributed by atoms with Crippen molar-refractivity contribution in [3.8, 4) is 11.5 Å². The molecule has 2 N–H and O–H groups in total. The van der Waals surface area contributed by atoms with Crippen LogP contribution in [0.5, 0.6) is 11.5 Å². The van der Waals surface area contributed by atoms with E-state index in [0.29, 0.717) is 6.54 Å². The average molecular weight is 288 g/mol. The minimum absolute atomic E-state index is 0.141. The Balaban J connectivity index is 2.08. The number of fused-ring (bicyclic) bond motifs is 1. The lowest BCUT2D eigenvalue weighted by Crippen LogP contribution is -2.22. The summed E-state index contributed by atoms with van der Waals surface area (Å²) in [4.78, 5) is 14.4. The summed E-state index contributed by atoms with van der Waals surface area (Å²) in [5, 5.41) is 3.79. The Labute approximate surface area is 123 Å². The Morgan fingerprint density at radius 2 is 2.14 bits per heavy atom. The van der Waals surface area contributed by atoms with Crippen LogP contribution in [-0.4, -0.2) is 31.7 Å². The van der Waals surface area contributed by atoms with Crippen LogP contribution >= 0.6 is 0 Å². The summed E-state index contributed by atoms with van der Waals surface area (Å²) in [7, 11) is 3.28. The minimum Gasteiger partial charge on any atom is -0.497 e. The van der Waals surface area contributed by atoms with Gasteiger partial charge in [-0.25, -0.2) is 0 Å². The van der Waals surface area contributed by atoms with Gasteiger partial charge in [-0.2, -0.15) is 0 Å². The van der Waals surface area contributed by atoms with Gasteiger partial charge in [-0.1, -0.05) is 6.58 Å². The third kappa shape index (κ3) is 3.56. The Morgan fingerprint density at radius 1 is 1.33 bits per heavy atom. The van der Waals surface area contributed by atoms with E-state index in [1.165, 1.54) is 6.08 Å². The van der Waals surface area contributed by atoms with E-state index in [4.69, 9.17) is 9.47 Å². The van der Waals surface area contributed by atoms with Gasteiger partial charge in [0.2, 0.25) is 5.91 Å². The van der Waals surface area contributed by atoms with Crippen LogP contribution in [0.15, 0.2) is 30.9 Å². The third-order valence-corrected chi connectivity index (χ3v) is 3.29. The second-order valence-corrected chi connectivity index (χ2v) is 4.68. The van der Waals surface area contributed by atoms with Crippen molar-refractivity contribution in [2.45, 2.75) is 12.8 Å². The van der Waals surface area contributed by atoms with Crippen molar-refractivity contribution in [2.75, 3.05) is 20.8 Å². The van der Waals surface area contributed by atoms with Gasteiger partial charge in [0.15, 0.2) is 0 Å². The summed E-state index contributed by atoms with van der Waals surface area (Å²) in [6.45, 7) is 4.04. The number of H-pyrrole nitrogens is 1. The molecule has 5 heteroatoms. The SMILES string of the molecule is C=CC(=O)NCCCc1cc2c(OC)cc(OC)cc2[nH]1. The van der Waals surface area contributed by atoms with Gasteiger partial charge in [0.05, 0.1) is 19.7 Å². The lowest BCUT2D eigenvalue weighted by molar-refractivity contribution is -0.116. The van der Waals surface area contributed by atoms with E-state index in [1.807, 2.05) is 12.1 Å². The van der Waals surface area contributed by atoms with Gasteiger partial charge >= 0.3 is 0 Å². The summed E-state index contributed by atoms with van der Waals surface area (Å²) in [6.07, 6.45) is 2.98. The number of carbonyl (C=O) groups is 1. The molecule has 0 aliphatic carbocycles. The largest absolute Gasteiger partial charge is 0.497 e. The molecule has 1 aromatic heterocycles. The lowest BCUT2D eigenvalue weighted by atomic mass is 10.2. The fourth-order valence-electron chi connectivity index (χ4n) is 2.22. The smallest absolute Gasteiger partial charge is 0.243 e. The molecule has 1 aromatic carbocycles. The number of methoxy groups -OCH3 is 2. The first-order valence-electron chi connectivity index (χ1n) is 6.81. The maximum absolute atomic E-state index is 11.1. The molecule has 0 aliphatic heterocycles. The molecular formula is C16H20N2O3. The van der Waals surface area contributed by atoms with Gasteiger partial charge in [0.25, 0.3) is 0 Å². The van der Waals surface area contributed by atoms with Gasteiger partial charge < -0.3 is 19.8 Å². The summed E-state index contributed by atoms with van der Waals surface area (Å²) >= 11 is 0. The number of aromatic nitrogens is 1. The molecular weight excluding hydrogens is 268 g/mol. The predicted octanol–water partition coefficient (Wildman–Crippen LogP) is 2.42. The van der Waals surface area contributed by atoms with Crippen molar-refractivity contribution in [1.82, 2.24) is 10.3 Å². The van der Waals surface area contributed by atoms with E-state index in [-0.39, 0.29) is 5.91 Å². The molecule has 0 aliphatic rings. The zero-order valence-corrected chi connectivity index (χ0v) is 12.4. The van der Waals surface area contributed by atoms with Crippen LogP contribution in [0.3, 0.4) is 0 Å². The van der Waals surface area contributed by atoms with Crippen LogP contribution in [-0.2, 0) is 11.2 Å². The fourth-order valence-corrected chi connectivity index (χ4v) is 2.22. The Bertz CT molecular complexity index is 646. The number of ether oxygens (including phenoxy) is 2. The van der Waals surface area contributed by atoms with Crippen molar-refractivity contribution >= 4 is 16.8 Å². The summed E-state index contributed by atoms with van der Waals surface area (Å²) in [5.41, 5.74) is 2.08. The van der Waals surface area contributed by atoms with Crippen LogP contribution in [0.1, 0.15) is 12.1 Å². The molecule has 2 rings (SSSR count). The van der Waals surface area contributed by atoms with Gasteiger partial charge in [0, 0.05) is 29.8 Å². The molecule has 0 saturated carbocycles. The number of hydrogen-bond acceptors (Lipinski definition) is 3. The van der Waals surface area contributed by atoms with Crippen molar-refractivity contribution in [3.05, 3.63) is 36.5 Å². The summed E-state index contributed by atoms with van der Waals surface area (Å²) in [6, 6.07) is 5.88. The van der Waals surface area contributed by atoms with Crippen molar-refractivity contribution in [2.24, 2.45) is 0 Å². The second-order valence-electron chi connectivity index (χ2n) is 4.68. The number of carbonyl (C=O) groups excluding carboxylic acids is 1. The van der Waals surface area contributed by atoms with Crippen LogP contribution in [0.2, 0.25) is 0 Å². The first-order chi connectivity index (χ1) is 10.2. The highest BCUT2D eigenvalue weighted by Gasteiger charge is 2.09. The lowest BCUT2D eigenvalue weighted by Gasteiger charge is -2.04. The third-order valence-electron chi connectivity index (χ3n) is 3.29. The van der Waals surface area contributed by atoms with Gasteiger partial charge in [-0.05, 0) is 25.0 Å². The van der Waals surface area contributed by atoms with Crippen molar-refractivity contribution < 1.29 is 14.3 Å². The number of nitrogens with one attached hydrogen (secondary N) is 2. The van der Waals surface area contributed by atoms with Crippen LogP contribution in [0.25, 0.3) is 10.9 Å². The molecule has 0 unspecified atom stereocenters. The van der Waals surface area contributed by atoms with Crippen LogP contribution < -0.4 is 14.8 Å². The topological polar surface area (TPSA) is 63.4 Å². The van der Waals surface area contributed by atoms with Crippen molar-refractivity contribution in [1.29, 1.82) is 0 Å². The number of benzene rings is 1. The molecule has 0 atom stereocenters. The highest BCUT2D eigenvalue weighted by Crippen LogP contribution is 2.31. The number of aromatic amines is 1. The van der Waals surface area contributed by atoms with E-state index in [2.05, 4.69) is 22.9 Å². The highest BCUT2D eigenvalue weighted by atomic mass is 16.5. The van der Waals surface area contributed by atoms with Crippen molar-refractivity contribution in [3.63, 3.8) is 0 Å². The molecule has 0 spiro atoms. The molecule has 0 saturated heterocycles. The average Bonchev–Trinajstić information content (AvgIpc) is 2.92. The quantitative estimate of drug-likeness (QED) is 0.607. The number of amides is 1. The zero-order chi connectivity index (χ0) is 15.2. The molecule has 1 amide bonds. The minimum atomic E-state index is -0.141. The van der Waals surface area contributed by atoms with E-state index < -0.39 is 0 Å². The van der Waals surface area contributed by atoms with E-state index in [0.717, 1.165) is 40.9 Å². The highest BCUT2D eigenvalue weighted by molar-refractivity contribution is 5.88. The normalized spacial score (nSPS) is 10.4. The Kier molecular flexibility index (Phi) is 4.87. The molecule has 5 nitrogen and oxygen atoms in total. The Morgan fingerprint density at radius 3 is 2.81 bits per heavy atom. The first kappa shape index (κ1) is 15.0. The van der Waals surface area contributed by atoms with Gasteiger partial charge in [-0.3, -0.25) is 4.79 Å². The fraction of sp³-hybridized carbons (Fsp3) is 0.312. The van der Waals surface area contributed by atoms with E-state index >= 15 is 0 Å². The summed E-state index contributed by atoms with van der Waals surface area (Å²) < 4.78 is 10.6. The van der Waals surface area contributed by atoms with Crippen LogP contribution in [0, 0.1) is 0 Å². The Hall–Kier alpha value is -2.43. The number of rotatable bonds is 7. The standard InChI is InChI=1S/C16H20N2O3/c1-4-16(19)17-7-5-6-11-8-13-14(18-11)9-12(20-2)10-15(13)21-3/h4,8-10,18H,1,5-7H2,2-3H3,(H,17,19). The predicted molar refractivity (Wildman–Crippen MR) is 82.9 cm³/mol. The van der Waals surface area contributed by atoms with E-state index in [1.54, 1.807) is 14.2 Å². The molecule has 0 bridgehead atoms. The molecule has 112 valence electrons. The molecule has 2 aromatic rings. The zero-order valence-electron chi connectivity index (χ0n) is 12.4. The summed E-state index contributed by atoms with van der Waals surface area (Å²) in [5.74, 6) is 1.40.